The second-order valence-electron chi connectivity index (χ2n) is 8.12. The third-order valence-corrected chi connectivity index (χ3v) is 5.87. The second kappa shape index (κ2) is 10.0. The molecule has 0 radical (unpaired) electrons. The van der Waals surface area contributed by atoms with Crippen LogP contribution in [0.15, 0.2) is 47.4 Å². The highest BCUT2D eigenvalue weighted by Gasteiger charge is 2.26. The van der Waals surface area contributed by atoms with Gasteiger partial charge >= 0.3 is 0 Å². The predicted molar refractivity (Wildman–Crippen MR) is 122 cm³/mol. The minimum absolute atomic E-state index is 0.102. The van der Waals surface area contributed by atoms with E-state index in [-0.39, 0.29) is 17.9 Å². The molecule has 2 aromatic rings. The van der Waals surface area contributed by atoms with Crippen LogP contribution >= 0.6 is 11.8 Å². The summed E-state index contributed by atoms with van der Waals surface area (Å²) < 4.78 is 6.02. The van der Waals surface area contributed by atoms with Crippen molar-refractivity contribution in [2.24, 2.45) is 5.92 Å². The first-order valence-corrected chi connectivity index (χ1v) is 11.6. The van der Waals surface area contributed by atoms with E-state index in [1.807, 2.05) is 19.9 Å². The Morgan fingerprint density at radius 3 is 2.47 bits per heavy atom. The monoisotopic (exact) mass is 426 g/mol. The molecule has 0 saturated carbocycles. The Balaban J connectivity index is 1.59. The average molecular weight is 427 g/mol. The lowest BCUT2D eigenvalue weighted by Crippen LogP contribution is -2.48. The average Bonchev–Trinajstić information content (AvgIpc) is 3.13. The standard InChI is InChI=1S/C24H30N2O3S/c1-15(2)11-22(26-16(3)27)24(28)25-14-20-13-19-12-18(7-10-23(19)29-20)17-5-8-21(30-4)9-6-17/h5-10,12,15,20,22H,11,13-14H2,1-4H3,(H,25,28)(H,26,27)/t20?,22-/m0/s1. The van der Waals surface area contributed by atoms with Gasteiger partial charge in [0, 0.05) is 18.2 Å². The summed E-state index contributed by atoms with van der Waals surface area (Å²) in [7, 11) is 0. The van der Waals surface area contributed by atoms with E-state index >= 15 is 0 Å². The van der Waals surface area contributed by atoms with Gasteiger partial charge in [0.15, 0.2) is 0 Å². The molecule has 2 atom stereocenters. The molecule has 0 aliphatic carbocycles. The normalized spacial score (nSPS) is 16.0. The van der Waals surface area contributed by atoms with Crippen LogP contribution in [0.3, 0.4) is 0 Å². The molecule has 30 heavy (non-hydrogen) atoms. The minimum Gasteiger partial charge on any atom is -0.488 e. The summed E-state index contributed by atoms with van der Waals surface area (Å²) in [5.41, 5.74) is 3.50. The van der Waals surface area contributed by atoms with E-state index in [1.54, 1.807) is 11.8 Å². The van der Waals surface area contributed by atoms with Crippen molar-refractivity contribution in [2.75, 3.05) is 12.8 Å². The van der Waals surface area contributed by atoms with Gasteiger partial charge in [-0.2, -0.15) is 0 Å². The molecular formula is C24H30N2O3S. The highest BCUT2D eigenvalue weighted by atomic mass is 32.2. The molecular weight excluding hydrogens is 396 g/mol. The molecule has 5 nitrogen and oxygen atoms in total. The molecule has 6 heteroatoms. The van der Waals surface area contributed by atoms with Crippen molar-refractivity contribution in [3.63, 3.8) is 0 Å². The van der Waals surface area contributed by atoms with E-state index in [1.165, 1.54) is 17.4 Å². The van der Waals surface area contributed by atoms with Gasteiger partial charge in [-0.05, 0) is 59.6 Å². The van der Waals surface area contributed by atoms with E-state index in [4.69, 9.17) is 4.74 Å². The van der Waals surface area contributed by atoms with E-state index in [9.17, 15) is 9.59 Å². The summed E-state index contributed by atoms with van der Waals surface area (Å²) in [5.74, 6) is 0.828. The summed E-state index contributed by atoms with van der Waals surface area (Å²) >= 11 is 1.73. The lowest BCUT2D eigenvalue weighted by Gasteiger charge is -2.20. The molecule has 3 rings (SSSR count). The first kappa shape index (κ1) is 22.2. The van der Waals surface area contributed by atoms with Crippen LogP contribution in [0.5, 0.6) is 5.75 Å². The molecule has 1 aliphatic rings. The fourth-order valence-corrected chi connectivity index (χ4v) is 4.09. The summed E-state index contributed by atoms with van der Waals surface area (Å²) in [6.45, 7) is 5.92. The number of rotatable bonds is 8. The van der Waals surface area contributed by atoms with Gasteiger partial charge in [0.1, 0.15) is 17.9 Å². The number of hydrogen-bond donors (Lipinski definition) is 2. The number of fused-ring (bicyclic) bond motifs is 1. The first-order chi connectivity index (χ1) is 14.4. The Kier molecular flexibility index (Phi) is 7.43. The SMILES string of the molecule is CSc1ccc(-c2ccc3c(c2)CC(CNC(=O)[C@H](CC(C)C)NC(C)=O)O3)cc1. The number of nitrogens with one attached hydrogen (secondary N) is 2. The van der Waals surface area contributed by atoms with Gasteiger partial charge in [-0.3, -0.25) is 9.59 Å². The Labute approximate surface area is 183 Å². The third-order valence-electron chi connectivity index (χ3n) is 5.13. The predicted octanol–water partition coefficient (Wildman–Crippen LogP) is 4.05. The molecule has 1 unspecified atom stereocenters. The Morgan fingerprint density at radius 1 is 1.13 bits per heavy atom. The Morgan fingerprint density at radius 2 is 1.83 bits per heavy atom. The quantitative estimate of drug-likeness (QED) is 0.625. The maximum atomic E-state index is 12.6. The number of carbonyl (C=O) groups excluding carboxylic acids is 2. The van der Waals surface area contributed by atoms with E-state index in [0.717, 1.165) is 23.3 Å². The number of ether oxygens (including phenoxy) is 1. The van der Waals surface area contributed by atoms with Crippen molar-refractivity contribution in [1.82, 2.24) is 10.6 Å². The van der Waals surface area contributed by atoms with Crippen molar-refractivity contribution < 1.29 is 14.3 Å². The number of amides is 2. The van der Waals surface area contributed by atoms with Crippen LogP contribution < -0.4 is 15.4 Å². The molecule has 0 aromatic heterocycles. The van der Waals surface area contributed by atoms with Crippen LogP contribution in [0, 0.1) is 5.92 Å². The molecule has 160 valence electrons. The second-order valence-corrected chi connectivity index (χ2v) is 9.00. The lowest BCUT2D eigenvalue weighted by atomic mass is 10.0. The van der Waals surface area contributed by atoms with Gasteiger partial charge in [-0.15, -0.1) is 11.8 Å². The fourth-order valence-electron chi connectivity index (χ4n) is 3.68. The van der Waals surface area contributed by atoms with Gasteiger partial charge < -0.3 is 15.4 Å². The summed E-state index contributed by atoms with van der Waals surface area (Å²) in [4.78, 5) is 25.2. The maximum absolute atomic E-state index is 12.6. The molecule has 0 spiro atoms. The van der Waals surface area contributed by atoms with Crippen LogP contribution in [-0.4, -0.2) is 36.8 Å². The maximum Gasteiger partial charge on any atom is 0.242 e. The summed E-state index contributed by atoms with van der Waals surface area (Å²) in [5, 5.41) is 5.69. The zero-order valence-electron chi connectivity index (χ0n) is 18.0. The number of hydrogen-bond acceptors (Lipinski definition) is 4. The Hall–Kier alpha value is -2.47. The number of benzene rings is 2. The van der Waals surface area contributed by atoms with Crippen molar-refractivity contribution in [2.45, 2.75) is 50.7 Å². The van der Waals surface area contributed by atoms with E-state index in [0.29, 0.717) is 18.9 Å². The van der Waals surface area contributed by atoms with Crippen molar-refractivity contribution in [3.8, 4) is 16.9 Å². The molecule has 2 amide bonds. The van der Waals surface area contributed by atoms with Gasteiger partial charge in [0.05, 0.1) is 6.54 Å². The smallest absolute Gasteiger partial charge is 0.242 e. The molecule has 2 aromatic carbocycles. The third kappa shape index (κ3) is 5.79. The summed E-state index contributed by atoms with van der Waals surface area (Å²) in [6, 6.07) is 14.3. The van der Waals surface area contributed by atoms with Crippen LogP contribution in [-0.2, 0) is 16.0 Å². The number of thioether (sulfide) groups is 1. The minimum atomic E-state index is -0.512. The first-order valence-electron chi connectivity index (χ1n) is 10.3. The molecule has 1 heterocycles. The highest BCUT2D eigenvalue weighted by Crippen LogP contribution is 2.33. The number of carbonyl (C=O) groups is 2. The van der Waals surface area contributed by atoms with Gasteiger partial charge in [0.2, 0.25) is 11.8 Å². The molecule has 0 saturated heterocycles. The lowest BCUT2D eigenvalue weighted by molar-refractivity contribution is -0.128. The van der Waals surface area contributed by atoms with Crippen LogP contribution in [0.4, 0.5) is 0 Å². The van der Waals surface area contributed by atoms with Gasteiger partial charge in [0.25, 0.3) is 0 Å². The van der Waals surface area contributed by atoms with Crippen molar-refractivity contribution in [1.29, 1.82) is 0 Å². The molecule has 1 aliphatic heterocycles. The van der Waals surface area contributed by atoms with Crippen LogP contribution in [0.25, 0.3) is 11.1 Å². The van der Waals surface area contributed by atoms with Crippen molar-refractivity contribution in [3.05, 3.63) is 48.0 Å². The van der Waals surface area contributed by atoms with Gasteiger partial charge in [-0.1, -0.05) is 32.0 Å². The topological polar surface area (TPSA) is 67.4 Å². The molecule has 0 fully saturated rings. The zero-order valence-corrected chi connectivity index (χ0v) is 18.8. The highest BCUT2D eigenvalue weighted by molar-refractivity contribution is 7.98. The van der Waals surface area contributed by atoms with Crippen LogP contribution in [0.1, 0.15) is 32.8 Å². The van der Waals surface area contributed by atoms with E-state index in [2.05, 4.69) is 53.3 Å². The fraction of sp³-hybridized carbons (Fsp3) is 0.417. The summed E-state index contributed by atoms with van der Waals surface area (Å²) in [6.07, 6.45) is 3.33. The molecule has 0 bridgehead atoms. The largest absolute Gasteiger partial charge is 0.488 e. The molecule has 2 N–H and O–H groups in total. The van der Waals surface area contributed by atoms with Gasteiger partial charge in [-0.25, -0.2) is 0 Å². The zero-order chi connectivity index (χ0) is 21.7. The van der Waals surface area contributed by atoms with E-state index < -0.39 is 6.04 Å². The Bertz CT molecular complexity index is 896. The van der Waals surface area contributed by atoms with Crippen LogP contribution in [0.2, 0.25) is 0 Å². The van der Waals surface area contributed by atoms with Crippen molar-refractivity contribution >= 4 is 23.6 Å².